The molecule has 0 aliphatic heterocycles. The number of halogens is 3. The van der Waals surface area contributed by atoms with Crippen molar-refractivity contribution in [2.75, 3.05) is 30.9 Å². The van der Waals surface area contributed by atoms with Crippen LogP contribution in [-0.2, 0) is 4.84 Å². The van der Waals surface area contributed by atoms with Crippen molar-refractivity contribution in [3.8, 4) is 0 Å². The number of nitrogens with zero attached hydrogens (tertiary/aromatic N) is 3. The van der Waals surface area contributed by atoms with Crippen LogP contribution in [-0.4, -0.2) is 36.0 Å². The summed E-state index contributed by atoms with van der Waals surface area (Å²) in [5.41, 5.74) is 4.37. The lowest BCUT2D eigenvalue weighted by molar-refractivity contribution is 0.0270. The molecule has 7 nitrogen and oxygen atoms in total. The zero-order valence-electron chi connectivity index (χ0n) is 16.4. The van der Waals surface area contributed by atoms with Crippen molar-refractivity contribution in [3.05, 3.63) is 50.7 Å². The highest BCUT2D eigenvalue weighted by Crippen LogP contribution is 2.37. The summed E-state index contributed by atoms with van der Waals surface area (Å²) in [6, 6.07) is 5.41. The number of aromatic nitrogens is 2. The number of pyridine rings is 1. The molecule has 0 spiro atoms. The zero-order chi connectivity index (χ0) is 21.4. The Hall–Kier alpha value is -2.00. The number of rotatable bonds is 7. The minimum Gasteiger partial charge on any atom is -0.363 e. The van der Waals surface area contributed by atoms with Crippen molar-refractivity contribution in [2.24, 2.45) is 5.92 Å². The molecule has 1 saturated carbocycles. The van der Waals surface area contributed by atoms with Crippen LogP contribution in [0.15, 0.2) is 35.1 Å². The smallest absolute Gasteiger partial charge is 0.278 e. The summed E-state index contributed by atoms with van der Waals surface area (Å²) in [7, 11) is 3.78. The molecule has 2 aromatic heterocycles. The van der Waals surface area contributed by atoms with E-state index in [2.05, 4.69) is 31.7 Å². The molecule has 158 valence electrons. The highest BCUT2D eigenvalue weighted by atomic mass is 79.9. The Morgan fingerprint density at radius 2 is 2.13 bits per heavy atom. The number of hydrogen-bond acceptors (Lipinski definition) is 5. The molecule has 1 amide bonds. The van der Waals surface area contributed by atoms with Crippen LogP contribution in [0, 0.1) is 5.92 Å². The maximum absolute atomic E-state index is 13.0. The fourth-order valence-electron chi connectivity index (χ4n) is 2.98. The van der Waals surface area contributed by atoms with E-state index in [4.69, 9.17) is 28.0 Å². The van der Waals surface area contributed by atoms with Crippen LogP contribution in [0.3, 0.4) is 0 Å². The Bertz CT molecular complexity index is 1110. The molecule has 10 heteroatoms. The molecular weight excluding hydrogens is 493 g/mol. The summed E-state index contributed by atoms with van der Waals surface area (Å²) in [5, 5.41) is 3.97. The molecule has 1 aliphatic carbocycles. The van der Waals surface area contributed by atoms with Gasteiger partial charge in [-0.2, -0.15) is 0 Å². The van der Waals surface area contributed by atoms with Crippen LogP contribution in [0.2, 0.25) is 10.0 Å². The first kappa shape index (κ1) is 21.2. The van der Waals surface area contributed by atoms with Crippen LogP contribution in [0.1, 0.15) is 23.2 Å². The van der Waals surface area contributed by atoms with Gasteiger partial charge in [0, 0.05) is 24.8 Å². The molecule has 0 atom stereocenters. The maximum Gasteiger partial charge on any atom is 0.278 e. The highest BCUT2D eigenvalue weighted by molar-refractivity contribution is 9.10. The molecule has 1 aromatic carbocycles. The first-order chi connectivity index (χ1) is 14.3. The van der Waals surface area contributed by atoms with Crippen LogP contribution >= 0.6 is 39.1 Å². The van der Waals surface area contributed by atoms with Gasteiger partial charge in [-0.25, -0.2) is 10.5 Å². The quantitative estimate of drug-likeness (QED) is 0.421. The molecule has 0 unspecified atom stereocenters. The number of imidazole rings is 1. The molecular formula is C20H20BrCl2N5O2. The van der Waals surface area contributed by atoms with Gasteiger partial charge in [0.05, 0.1) is 34.8 Å². The number of carbonyl (C=O) groups is 1. The number of fused-ring (bicyclic) bond motifs is 1. The fraction of sp³-hybridized carbons (Fsp3) is 0.300. The van der Waals surface area contributed by atoms with Crippen molar-refractivity contribution in [2.45, 2.75) is 12.8 Å². The van der Waals surface area contributed by atoms with Gasteiger partial charge in [0.25, 0.3) is 5.91 Å². The summed E-state index contributed by atoms with van der Waals surface area (Å²) in [6.45, 7) is 0.497. The molecule has 1 aliphatic rings. The molecule has 3 aromatic rings. The molecule has 0 bridgehead atoms. The number of anilines is 3. The van der Waals surface area contributed by atoms with Gasteiger partial charge in [-0.1, -0.05) is 39.1 Å². The second kappa shape index (κ2) is 8.63. The van der Waals surface area contributed by atoms with Gasteiger partial charge in [0.15, 0.2) is 5.65 Å². The van der Waals surface area contributed by atoms with Gasteiger partial charge >= 0.3 is 0 Å². The van der Waals surface area contributed by atoms with Gasteiger partial charge in [-0.15, -0.1) is 0 Å². The fourth-order valence-corrected chi connectivity index (χ4v) is 3.99. The third kappa shape index (κ3) is 4.37. The van der Waals surface area contributed by atoms with Gasteiger partial charge in [-0.05, 0) is 37.0 Å². The second-order valence-corrected chi connectivity index (χ2v) is 9.07. The second-order valence-electron chi connectivity index (χ2n) is 7.37. The average Bonchev–Trinajstić information content (AvgIpc) is 3.41. The average molecular weight is 513 g/mol. The standard InChI is InChI=1S/C20H20BrCl2N5O2/c1-27(2)16-8-24-19-17(23)18(25-15-6-5-12(21)7-14(15)22)13(9-28(16)19)20(29)26-30-10-11-3-4-11/h5-9,11,25H,3-4,10H2,1-2H3,(H,26,29). The van der Waals surface area contributed by atoms with E-state index in [-0.39, 0.29) is 0 Å². The summed E-state index contributed by atoms with van der Waals surface area (Å²) in [6.07, 6.45) is 5.64. The zero-order valence-corrected chi connectivity index (χ0v) is 19.5. The number of hydroxylamine groups is 1. The Morgan fingerprint density at radius 1 is 1.37 bits per heavy atom. The molecule has 2 heterocycles. The number of carbonyl (C=O) groups excluding carboxylic acids is 1. The molecule has 0 saturated heterocycles. The lowest BCUT2D eigenvalue weighted by Gasteiger charge is -2.18. The van der Waals surface area contributed by atoms with Gasteiger partial charge in [0.2, 0.25) is 0 Å². The molecule has 30 heavy (non-hydrogen) atoms. The van der Waals surface area contributed by atoms with E-state index in [0.717, 1.165) is 23.1 Å². The van der Waals surface area contributed by atoms with Gasteiger partial charge < -0.3 is 10.2 Å². The normalized spacial score (nSPS) is 13.5. The number of nitrogens with one attached hydrogen (secondary N) is 2. The van der Waals surface area contributed by atoms with Crippen LogP contribution in [0.4, 0.5) is 17.2 Å². The molecule has 4 rings (SSSR count). The van der Waals surface area contributed by atoms with Crippen LogP contribution in [0.5, 0.6) is 0 Å². The summed E-state index contributed by atoms with van der Waals surface area (Å²) in [4.78, 5) is 24.7. The molecule has 0 radical (unpaired) electrons. The van der Waals surface area contributed by atoms with Crippen molar-refractivity contribution in [1.29, 1.82) is 0 Å². The van der Waals surface area contributed by atoms with E-state index in [1.807, 2.05) is 25.1 Å². The number of hydrogen-bond donors (Lipinski definition) is 2. The van der Waals surface area contributed by atoms with E-state index >= 15 is 0 Å². The summed E-state index contributed by atoms with van der Waals surface area (Å²) >= 11 is 16.5. The molecule has 2 N–H and O–H groups in total. The third-order valence-corrected chi connectivity index (χ3v) is 5.96. The first-order valence-electron chi connectivity index (χ1n) is 9.36. The van der Waals surface area contributed by atoms with Crippen LogP contribution < -0.4 is 15.7 Å². The third-order valence-electron chi connectivity index (χ3n) is 4.80. The van der Waals surface area contributed by atoms with E-state index < -0.39 is 5.91 Å². The lowest BCUT2D eigenvalue weighted by atomic mass is 10.2. The largest absolute Gasteiger partial charge is 0.363 e. The SMILES string of the molecule is CN(C)c1cnc2c(Cl)c(Nc3ccc(Br)cc3Cl)c(C(=O)NOCC3CC3)cn12. The Kier molecular flexibility index (Phi) is 6.11. The Morgan fingerprint density at radius 3 is 2.80 bits per heavy atom. The van der Waals surface area contributed by atoms with Crippen molar-refractivity contribution >= 4 is 67.9 Å². The molecule has 1 fully saturated rings. The highest BCUT2D eigenvalue weighted by Gasteiger charge is 2.24. The topological polar surface area (TPSA) is 70.9 Å². The maximum atomic E-state index is 13.0. The number of amides is 1. The summed E-state index contributed by atoms with van der Waals surface area (Å²) in [5.74, 6) is 0.895. The van der Waals surface area contributed by atoms with Gasteiger partial charge in [0.1, 0.15) is 10.8 Å². The first-order valence-corrected chi connectivity index (χ1v) is 10.9. The van der Waals surface area contributed by atoms with E-state index in [1.165, 1.54) is 0 Å². The minimum absolute atomic E-state index is 0.303. The van der Waals surface area contributed by atoms with E-state index in [1.54, 1.807) is 28.9 Å². The van der Waals surface area contributed by atoms with Gasteiger partial charge in [-0.3, -0.25) is 14.0 Å². The van der Waals surface area contributed by atoms with Crippen molar-refractivity contribution in [1.82, 2.24) is 14.9 Å². The van der Waals surface area contributed by atoms with Crippen molar-refractivity contribution < 1.29 is 9.63 Å². The summed E-state index contributed by atoms with van der Waals surface area (Å²) < 4.78 is 2.61. The van der Waals surface area contributed by atoms with Crippen molar-refractivity contribution in [3.63, 3.8) is 0 Å². The minimum atomic E-state index is -0.409. The predicted molar refractivity (Wildman–Crippen MR) is 123 cm³/mol. The van der Waals surface area contributed by atoms with E-state index in [9.17, 15) is 4.79 Å². The monoisotopic (exact) mass is 511 g/mol. The Labute approximate surface area is 192 Å². The van der Waals surface area contributed by atoms with Crippen LogP contribution in [0.25, 0.3) is 5.65 Å². The van der Waals surface area contributed by atoms with E-state index in [0.29, 0.717) is 45.2 Å². The Balaban J connectivity index is 1.76. The lowest BCUT2D eigenvalue weighted by Crippen LogP contribution is -2.26. The predicted octanol–water partition coefficient (Wildman–Crippen LogP) is 5.28. The number of benzene rings is 1.